The van der Waals surface area contributed by atoms with Crippen molar-refractivity contribution in [2.24, 2.45) is 0 Å². The molecule has 0 radical (unpaired) electrons. The van der Waals surface area contributed by atoms with Gasteiger partial charge in [-0.25, -0.2) is 0 Å². The molecule has 0 unspecified atom stereocenters. The Morgan fingerprint density at radius 3 is 2.81 bits per heavy atom. The summed E-state index contributed by atoms with van der Waals surface area (Å²) < 4.78 is 10.6. The molecule has 3 nitrogen and oxygen atoms in total. The van der Waals surface area contributed by atoms with Crippen molar-refractivity contribution in [1.82, 2.24) is 5.16 Å². The lowest BCUT2D eigenvalue weighted by Crippen LogP contribution is -1.97. The van der Waals surface area contributed by atoms with E-state index in [1.807, 2.05) is 32.0 Å². The summed E-state index contributed by atoms with van der Waals surface area (Å²) >= 11 is 5.89. The van der Waals surface area contributed by atoms with Crippen molar-refractivity contribution in [3.63, 3.8) is 0 Å². The summed E-state index contributed by atoms with van der Waals surface area (Å²) in [6.45, 7) is 4.21. The number of halogens is 1. The number of ether oxygens (including phenoxy) is 1. The zero-order chi connectivity index (χ0) is 11.5. The van der Waals surface area contributed by atoms with E-state index in [1.165, 1.54) is 0 Å². The van der Waals surface area contributed by atoms with Crippen LogP contribution in [0.3, 0.4) is 0 Å². The van der Waals surface area contributed by atoms with Crippen LogP contribution in [0.2, 0.25) is 5.02 Å². The number of benzene rings is 1. The Kier molecular flexibility index (Phi) is 3.15. The standard InChI is InChI=1S/C12H12ClNO2/c1-8-3-4-10(13)6-12(8)15-7-11-5-9(2)16-14-11/h3-6H,7H2,1-2H3. The molecule has 16 heavy (non-hydrogen) atoms. The smallest absolute Gasteiger partial charge is 0.134 e. The first-order valence-corrected chi connectivity index (χ1v) is 5.34. The fourth-order valence-electron chi connectivity index (χ4n) is 1.37. The topological polar surface area (TPSA) is 35.3 Å². The summed E-state index contributed by atoms with van der Waals surface area (Å²) in [5, 5.41) is 4.51. The van der Waals surface area contributed by atoms with Crippen molar-refractivity contribution >= 4 is 11.6 Å². The summed E-state index contributed by atoms with van der Waals surface area (Å²) in [7, 11) is 0. The minimum absolute atomic E-state index is 0.387. The van der Waals surface area contributed by atoms with Gasteiger partial charge in [0.1, 0.15) is 23.8 Å². The Balaban J connectivity index is 2.07. The van der Waals surface area contributed by atoms with Crippen molar-refractivity contribution < 1.29 is 9.26 Å². The molecule has 0 bridgehead atoms. The third-order valence-corrected chi connectivity index (χ3v) is 2.44. The van der Waals surface area contributed by atoms with E-state index in [0.717, 1.165) is 22.8 Å². The van der Waals surface area contributed by atoms with E-state index in [1.54, 1.807) is 6.07 Å². The summed E-state index contributed by atoms with van der Waals surface area (Å²) in [4.78, 5) is 0. The molecule has 1 heterocycles. The maximum atomic E-state index is 5.89. The molecule has 4 heteroatoms. The molecule has 0 aliphatic carbocycles. The van der Waals surface area contributed by atoms with Crippen LogP contribution >= 0.6 is 11.6 Å². The predicted molar refractivity (Wildman–Crippen MR) is 61.8 cm³/mol. The second-order valence-electron chi connectivity index (χ2n) is 3.63. The lowest BCUT2D eigenvalue weighted by molar-refractivity contribution is 0.286. The normalized spacial score (nSPS) is 10.4. The molecule has 0 amide bonds. The Bertz CT molecular complexity index is 494. The maximum absolute atomic E-state index is 5.89. The fourth-order valence-corrected chi connectivity index (χ4v) is 1.53. The van der Waals surface area contributed by atoms with E-state index in [2.05, 4.69) is 5.16 Å². The van der Waals surface area contributed by atoms with Gasteiger partial charge >= 0.3 is 0 Å². The molecule has 0 aliphatic heterocycles. The summed E-state index contributed by atoms with van der Waals surface area (Å²) in [6, 6.07) is 7.40. The Morgan fingerprint density at radius 1 is 1.31 bits per heavy atom. The van der Waals surface area contributed by atoms with Crippen molar-refractivity contribution in [3.05, 3.63) is 46.3 Å². The highest BCUT2D eigenvalue weighted by atomic mass is 35.5. The number of aromatic nitrogens is 1. The Hall–Kier alpha value is -1.48. The molecule has 0 saturated carbocycles. The minimum Gasteiger partial charge on any atom is -0.487 e. The van der Waals surface area contributed by atoms with Crippen molar-refractivity contribution in [2.45, 2.75) is 20.5 Å². The zero-order valence-corrected chi connectivity index (χ0v) is 9.91. The van der Waals surface area contributed by atoms with E-state index in [9.17, 15) is 0 Å². The van der Waals surface area contributed by atoms with E-state index in [4.69, 9.17) is 20.9 Å². The van der Waals surface area contributed by atoms with Gasteiger partial charge in [0.2, 0.25) is 0 Å². The highest BCUT2D eigenvalue weighted by Gasteiger charge is 2.04. The first-order valence-electron chi connectivity index (χ1n) is 4.96. The van der Waals surface area contributed by atoms with Crippen LogP contribution in [-0.2, 0) is 6.61 Å². The fraction of sp³-hybridized carbons (Fsp3) is 0.250. The molecule has 0 saturated heterocycles. The van der Waals surface area contributed by atoms with Gasteiger partial charge in [-0.1, -0.05) is 22.8 Å². The first-order chi connectivity index (χ1) is 7.65. The molecule has 2 rings (SSSR count). The number of hydrogen-bond donors (Lipinski definition) is 0. The van der Waals surface area contributed by atoms with Gasteiger partial charge in [-0.2, -0.15) is 0 Å². The van der Waals surface area contributed by atoms with Crippen molar-refractivity contribution in [1.29, 1.82) is 0 Å². The van der Waals surface area contributed by atoms with Gasteiger partial charge in [0, 0.05) is 11.1 Å². The SMILES string of the molecule is Cc1cc(COc2cc(Cl)ccc2C)no1. The van der Waals surface area contributed by atoms with Crippen molar-refractivity contribution in [2.75, 3.05) is 0 Å². The van der Waals surface area contributed by atoms with Gasteiger partial charge in [0.05, 0.1) is 0 Å². The van der Waals surface area contributed by atoms with E-state index in [-0.39, 0.29) is 0 Å². The quantitative estimate of drug-likeness (QED) is 0.819. The van der Waals surface area contributed by atoms with Gasteiger partial charge < -0.3 is 9.26 Å². The molecule has 84 valence electrons. The Morgan fingerprint density at radius 2 is 2.12 bits per heavy atom. The molecule has 0 aliphatic rings. The summed E-state index contributed by atoms with van der Waals surface area (Å²) in [5.74, 6) is 1.55. The van der Waals surface area contributed by atoms with Crippen LogP contribution in [0.1, 0.15) is 17.0 Å². The van der Waals surface area contributed by atoms with Crippen LogP contribution in [0.4, 0.5) is 0 Å². The molecule has 1 aromatic carbocycles. The molecule has 0 N–H and O–H groups in total. The number of nitrogens with zero attached hydrogens (tertiary/aromatic N) is 1. The van der Waals surface area contributed by atoms with Gasteiger partial charge in [0.25, 0.3) is 0 Å². The van der Waals surface area contributed by atoms with Gasteiger partial charge in [-0.15, -0.1) is 0 Å². The zero-order valence-electron chi connectivity index (χ0n) is 9.16. The van der Waals surface area contributed by atoms with Crippen LogP contribution in [-0.4, -0.2) is 5.16 Å². The van der Waals surface area contributed by atoms with Crippen molar-refractivity contribution in [3.8, 4) is 5.75 Å². The molecule has 0 fully saturated rings. The molecular formula is C12H12ClNO2. The highest BCUT2D eigenvalue weighted by Crippen LogP contribution is 2.23. The predicted octanol–water partition coefficient (Wildman–Crippen LogP) is 3.52. The van der Waals surface area contributed by atoms with Crippen LogP contribution in [0.15, 0.2) is 28.8 Å². The molecule has 0 atom stereocenters. The van der Waals surface area contributed by atoms with Crippen LogP contribution in [0, 0.1) is 13.8 Å². The maximum Gasteiger partial charge on any atom is 0.134 e. The number of hydrogen-bond acceptors (Lipinski definition) is 3. The third kappa shape index (κ3) is 2.55. The van der Waals surface area contributed by atoms with Gasteiger partial charge in [-0.05, 0) is 31.5 Å². The van der Waals surface area contributed by atoms with Crippen LogP contribution in [0.5, 0.6) is 5.75 Å². The van der Waals surface area contributed by atoms with Gasteiger partial charge in [-0.3, -0.25) is 0 Å². The molecule has 0 spiro atoms. The summed E-state index contributed by atoms with van der Waals surface area (Å²) in [6.07, 6.45) is 0. The first kappa shape index (κ1) is 11.0. The molecule has 2 aromatic rings. The molecule has 1 aromatic heterocycles. The number of rotatable bonds is 3. The average molecular weight is 238 g/mol. The lowest BCUT2D eigenvalue weighted by atomic mass is 10.2. The minimum atomic E-state index is 0.387. The van der Waals surface area contributed by atoms with E-state index < -0.39 is 0 Å². The van der Waals surface area contributed by atoms with Crippen LogP contribution in [0.25, 0.3) is 0 Å². The van der Waals surface area contributed by atoms with Gasteiger partial charge in [0.15, 0.2) is 0 Å². The van der Waals surface area contributed by atoms with Crippen LogP contribution < -0.4 is 4.74 Å². The summed E-state index contributed by atoms with van der Waals surface area (Å²) in [5.41, 5.74) is 1.82. The Labute approximate surface area is 99.0 Å². The lowest BCUT2D eigenvalue weighted by Gasteiger charge is -2.07. The monoisotopic (exact) mass is 237 g/mol. The number of aryl methyl sites for hydroxylation is 2. The largest absolute Gasteiger partial charge is 0.487 e. The average Bonchev–Trinajstić information content (AvgIpc) is 2.66. The van der Waals surface area contributed by atoms with E-state index >= 15 is 0 Å². The second kappa shape index (κ2) is 4.58. The molecular weight excluding hydrogens is 226 g/mol. The highest BCUT2D eigenvalue weighted by molar-refractivity contribution is 6.30. The third-order valence-electron chi connectivity index (χ3n) is 2.20. The second-order valence-corrected chi connectivity index (χ2v) is 4.06. The van der Waals surface area contributed by atoms with E-state index in [0.29, 0.717) is 11.6 Å².